The number of nitrogens with zero attached hydrogens (tertiary/aromatic N) is 4. The van der Waals surface area contributed by atoms with Gasteiger partial charge >= 0.3 is 0 Å². The van der Waals surface area contributed by atoms with Crippen LogP contribution in [0.25, 0.3) is 10.9 Å². The monoisotopic (exact) mass is 395 g/mol. The Labute approximate surface area is 168 Å². The first-order valence-electron chi connectivity index (χ1n) is 9.93. The van der Waals surface area contributed by atoms with E-state index >= 15 is 0 Å². The van der Waals surface area contributed by atoms with Gasteiger partial charge in [0.05, 0.1) is 0 Å². The molecule has 29 heavy (non-hydrogen) atoms. The fourth-order valence-corrected chi connectivity index (χ4v) is 3.87. The zero-order valence-electron chi connectivity index (χ0n) is 16.4. The van der Waals surface area contributed by atoms with E-state index in [-0.39, 0.29) is 11.8 Å². The van der Waals surface area contributed by atoms with E-state index in [0.717, 1.165) is 29.7 Å². The van der Waals surface area contributed by atoms with Gasteiger partial charge in [-0.2, -0.15) is 5.10 Å². The molecule has 1 fully saturated rings. The number of rotatable bonds is 6. The lowest BCUT2D eigenvalue weighted by Crippen LogP contribution is -2.46. The third kappa shape index (κ3) is 4.44. The summed E-state index contributed by atoms with van der Waals surface area (Å²) in [7, 11) is 0. The number of hydrogen-bond acceptors (Lipinski definition) is 5. The fraction of sp³-hybridized carbons (Fsp3) is 0.450. The number of amides is 2. The standard InChI is InChI=1S/C20H25N7O2/c1-13-11-27(19(28)3-2-18-23-12-24-26-18)7-5-14(13)10-22-20(29)17-8-15-9-21-6-4-16(15)25-17/h4,6,8-9,12-14,25H,2-3,5,7,10-11H2,1H3,(H,22,29)(H,23,24,26). The summed E-state index contributed by atoms with van der Waals surface area (Å²) < 4.78 is 0. The highest BCUT2D eigenvalue weighted by Gasteiger charge is 2.29. The van der Waals surface area contributed by atoms with E-state index in [1.165, 1.54) is 6.33 Å². The molecule has 9 nitrogen and oxygen atoms in total. The zero-order valence-corrected chi connectivity index (χ0v) is 16.4. The summed E-state index contributed by atoms with van der Waals surface area (Å²) in [5.74, 6) is 1.44. The largest absolute Gasteiger partial charge is 0.350 e. The zero-order chi connectivity index (χ0) is 20.2. The highest BCUT2D eigenvalue weighted by Crippen LogP contribution is 2.23. The third-order valence-electron chi connectivity index (χ3n) is 5.67. The minimum atomic E-state index is -0.112. The number of likely N-dealkylation sites (tertiary alicyclic amines) is 1. The Morgan fingerprint density at radius 1 is 1.38 bits per heavy atom. The Morgan fingerprint density at radius 3 is 3.03 bits per heavy atom. The van der Waals surface area contributed by atoms with Crippen LogP contribution in [0.5, 0.6) is 0 Å². The van der Waals surface area contributed by atoms with Gasteiger partial charge in [-0.05, 0) is 30.4 Å². The number of pyridine rings is 1. The van der Waals surface area contributed by atoms with Crippen molar-refractivity contribution in [2.75, 3.05) is 19.6 Å². The van der Waals surface area contributed by atoms with Crippen molar-refractivity contribution in [3.63, 3.8) is 0 Å². The lowest BCUT2D eigenvalue weighted by Gasteiger charge is -2.37. The number of piperidine rings is 1. The summed E-state index contributed by atoms with van der Waals surface area (Å²) in [4.78, 5) is 38.1. The molecular formula is C20H25N7O2. The summed E-state index contributed by atoms with van der Waals surface area (Å²) >= 11 is 0. The molecule has 0 bridgehead atoms. The van der Waals surface area contributed by atoms with Crippen molar-refractivity contribution in [3.8, 4) is 0 Å². The van der Waals surface area contributed by atoms with E-state index < -0.39 is 0 Å². The van der Waals surface area contributed by atoms with E-state index in [2.05, 4.69) is 37.4 Å². The lowest BCUT2D eigenvalue weighted by molar-refractivity contribution is -0.133. The van der Waals surface area contributed by atoms with Crippen molar-refractivity contribution in [2.45, 2.75) is 26.2 Å². The first-order valence-corrected chi connectivity index (χ1v) is 9.93. The molecule has 0 aromatic carbocycles. The molecule has 9 heteroatoms. The number of aromatic amines is 2. The number of carbonyl (C=O) groups excluding carboxylic acids is 2. The van der Waals surface area contributed by atoms with Crippen molar-refractivity contribution in [1.82, 2.24) is 35.4 Å². The molecular weight excluding hydrogens is 370 g/mol. The highest BCUT2D eigenvalue weighted by molar-refractivity contribution is 5.97. The minimum absolute atomic E-state index is 0.112. The SMILES string of the molecule is CC1CN(C(=O)CCc2ncn[nH]2)CCC1CNC(=O)c1cc2cnccc2[nH]1. The van der Waals surface area contributed by atoms with E-state index in [1.54, 1.807) is 12.4 Å². The maximum atomic E-state index is 12.5. The van der Waals surface area contributed by atoms with Crippen molar-refractivity contribution >= 4 is 22.7 Å². The second-order valence-electron chi connectivity index (χ2n) is 7.65. The maximum absolute atomic E-state index is 12.5. The number of aryl methyl sites for hydroxylation is 1. The summed E-state index contributed by atoms with van der Waals surface area (Å²) in [5.41, 5.74) is 1.44. The van der Waals surface area contributed by atoms with Gasteiger partial charge in [0.15, 0.2) is 0 Å². The van der Waals surface area contributed by atoms with Crippen LogP contribution < -0.4 is 5.32 Å². The predicted octanol–water partition coefficient (Wildman–Crippen LogP) is 1.53. The highest BCUT2D eigenvalue weighted by atomic mass is 16.2. The average molecular weight is 395 g/mol. The van der Waals surface area contributed by atoms with Crippen LogP contribution in [0.1, 0.15) is 36.1 Å². The summed E-state index contributed by atoms with van der Waals surface area (Å²) in [6.07, 6.45) is 6.77. The second kappa shape index (κ2) is 8.42. The molecule has 0 saturated carbocycles. The van der Waals surface area contributed by atoms with Crippen LogP contribution in [0, 0.1) is 11.8 Å². The van der Waals surface area contributed by atoms with Gasteiger partial charge in [-0.1, -0.05) is 6.92 Å². The molecule has 1 saturated heterocycles. The molecule has 2 unspecified atom stereocenters. The van der Waals surface area contributed by atoms with Gasteiger partial charge in [0.25, 0.3) is 5.91 Å². The van der Waals surface area contributed by atoms with Crippen LogP contribution in [0.2, 0.25) is 0 Å². The van der Waals surface area contributed by atoms with Crippen LogP contribution in [0.15, 0.2) is 30.9 Å². The van der Waals surface area contributed by atoms with Gasteiger partial charge in [0.2, 0.25) is 5.91 Å². The van der Waals surface area contributed by atoms with Gasteiger partial charge in [0.1, 0.15) is 17.8 Å². The molecule has 1 aliphatic rings. The lowest BCUT2D eigenvalue weighted by atomic mass is 9.86. The number of hydrogen-bond donors (Lipinski definition) is 3. The molecule has 3 aromatic heterocycles. The van der Waals surface area contributed by atoms with Crippen LogP contribution in [0.3, 0.4) is 0 Å². The molecule has 0 spiro atoms. The van der Waals surface area contributed by atoms with E-state index in [4.69, 9.17) is 0 Å². The third-order valence-corrected chi connectivity index (χ3v) is 5.67. The number of aromatic nitrogens is 5. The molecule has 2 atom stereocenters. The van der Waals surface area contributed by atoms with Crippen LogP contribution >= 0.6 is 0 Å². The van der Waals surface area contributed by atoms with Crippen LogP contribution in [0.4, 0.5) is 0 Å². The minimum Gasteiger partial charge on any atom is -0.350 e. The Kier molecular flexibility index (Phi) is 5.55. The molecule has 0 aliphatic carbocycles. The molecule has 3 N–H and O–H groups in total. The van der Waals surface area contributed by atoms with E-state index in [9.17, 15) is 9.59 Å². The molecule has 152 valence electrons. The molecule has 2 amide bonds. The molecule has 4 rings (SSSR count). The Balaban J connectivity index is 1.25. The topological polar surface area (TPSA) is 120 Å². The van der Waals surface area contributed by atoms with Crippen molar-refractivity contribution in [3.05, 3.63) is 42.4 Å². The first-order chi connectivity index (χ1) is 14.1. The predicted molar refractivity (Wildman–Crippen MR) is 107 cm³/mol. The van der Waals surface area contributed by atoms with Crippen LogP contribution in [-0.4, -0.2) is 61.5 Å². The normalized spacial score (nSPS) is 19.4. The Bertz CT molecular complexity index is 949. The second-order valence-corrected chi connectivity index (χ2v) is 7.65. The van der Waals surface area contributed by atoms with Crippen molar-refractivity contribution in [1.29, 1.82) is 0 Å². The molecule has 4 heterocycles. The molecule has 3 aromatic rings. The molecule has 1 aliphatic heterocycles. The summed E-state index contributed by atoms with van der Waals surface area (Å²) in [6.45, 7) is 4.18. The van der Waals surface area contributed by atoms with E-state index in [1.807, 2.05) is 17.0 Å². The number of carbonyl (C=O) groups is 2. The number of H-pyrrole nitrogens is 2. The van der Waals surface area contributed by atoms with Gasteiger partial charge in [0, 0.05) is 55.8 Å². The van der Waals surface area contributed by atoms with Gasteiger partial charge in [-0.25, -0.2) is 4.98 Å². The fourth-order valence-electron chi connectivity index (χ4n) is 3.87. The summed E-state index contributed by atoms with van der Waals surface area (Å²) in [5, 5.41) is 10.5. The number of fused-ring (bicyclic) bond motifs is 1. The van der Waals surface area contributed by atoms with E-state index in [0.29, 0.717) is 43.5 Å². The van der Waals surface area contributed by atoms with Crippen LogP contribution in [-0.2, 0) is 11.2 Å². The average Bonchev–Trinajstić information content (AvgIpc) is 3.40. The van der Waals surface area contributed by atoms with Gasteiger partial charge in [-0.3, -0.25) is 19.7 Å². The van der Waals surface area contributed by atoms with Crippen molar-refractivity contribution in [2.24, 2.45) is 11.8 Å². The quantitative estimate of drug-likeness (QED) is 0.585. The van der Waals surface area contributed by atoms with Gasteiger partial charge < -0.3 is 15.2 Å². The summed E-state index contributed by atoms with van der Waals surface area (Å²) in [6, 6.07) is 3.67. The Morgan fingerprint density at radius 2 is 2.28 bits per heavy atom. The maximum Gasteiger partial charge on any atom is 0.267 e. The Hall–Kier alpha value is -3.23. The number of nitrogens with one attached hydrogen (secondary N) is 3. The molecule has 0 radical (unpaired) electrons. The smallest absolute Gasteiger partial charge is 0.267 e. The van der Waals surface area contributed by atoms with Crippen molar-refractivity contribution < 1.29 is 9.59 Å². The van der Waals surface area contributed by atoms with Gasteiger partial charge in [-0.15, -0.1) is 0 Å². The first kappa shape index (κ1) is 19.1.